The quantitative estimate of drug-likeness (QED) is 0.779. The molecule has 1 aromatic carbocycles. The van der Waals surface area contributed by atoms with Crippen LogP contribution in [0.4, 0.5) is 0 Å². The Morgan fingerprint density at radius 3 is 2.21 bits per heavy atom. The zero-order valence-electron chi connectivity index (χ0n) is 12.7. The summed E-state index contributed by atoms with van der Waals surface area (Å²) in [5, 5.41) is 3.55. The highest BCUT2D eigenvalue weighted by Gasteiger charge is 2.16. The Labute approximate surface area is 122 Å². The molecule has 0 aliphatic heterocycles. The second-order valence-electron chi connectivity index (χ2n) is 5.02. The second kappa shape index (κ2) is 10.1. The molecule has 0 aliphatic carbocycles. The Morgan fingerprint density at radius 2 is 1.79 bits per heavy atom. The van der Waals surface area contributed by atoms with Gasteiger partial charge in [-0.25, -0.2) is 0 Å². The van der Waals surface area contributed by atoms with Gasteiger partial charge in [0.2, 0.25) is 0 Å². The monoisotopic (exact) mass is 285 g/mol. The van der Waals surface area contributed by atoms with Gasteiger partial charge in [-0.1, -0.05) is 19.1 Å². The molecule has 1 rings (SSSR count). The molecule has 4 heteroatoms. The van der Waals surface area contributed by atoms with E-state index in [4.69, 9.17) is 9.29 Å². The molecule has 0 heterocycles. The predicted molar refractivity (Wildman–Crippen MR) is 85.2 cm³/mol. The molecule has 3 nitrogen and oxygen atoms in total. The van der Waals surface area contributed by atoms with E-state index in [0.717, 1.165) is 30.8 Å². The standard InChI is InChI=1S/C14H23NO.CH4OS/c1-5-10-15-14(2,3)11-12-6-8-13(16-4)9-7-12;1-3-2/h6-9,15H,5,10-11H2,1-4H3;2H,1H3. The molecule has 0 bridgehead atoms. The summed E-state index contributed by atoms with van der Waals surface area (Å²) in [5.74, 6) is 0.920. The van der Waals surface area contributed by atoms with Crippen molar-refractivity contribution in [2.24, 2.45) is 0 Å². The van der Waals surface area contributed by atoms with Gasteiger partial charge in [0.25, 0.3) is 0 Å². The zero-order valence-corrected chi connectivity index (χ0v) is 13.5. The third-order valence-corrected chi connectivity index (χ3v) is 2.66. The molecule has 0 saturated heterocycles. The molecule has 2 N–H and O–H groups in total. The van der Waals surface area contributed by atoms with Gasteiger partial charge in [-0.15, -0.1) is 0 Å². The lowest BCUT2D eigenvalue weighted by atomic mass is 9.95. The van der Waals surface area contributed by atoms with Crippen LogP contribution >= 0.6 is 12.0 Å². The molecule has 0 amide bonds. The van der Waals surface area contributed by atoms with Crippen LogP contribution in [0.15, 0.2) is 24.3 Å². The molecule has 0 saturated carbocycles. The van der Waals surface area contributed by atoms with Crippen LogP contribution in [-0.4, -0.2) is 30.0 Å². The van der Waals surface area contributed by atoms with Crippen LogP contribution in [0.2, 0.25) is 0 Å². The van der Waals surface area contributed by atoms with Crippen molar-refractivity contribution < 1.29 is 9.29 Å². The molecule has 0 atom stereocenters. The lowest BCUT2D eigenvalue weighted by Crippen LogP contribution is -2.41. The van der Waals surface area contributed by atoms with E-state index in [-0.39, 0.29) is 5.54 Å². The lowest BCUT2D eigenvalue weighted by molar-refractivity contribution is 0.386. The van der Waals surface area contributed by atoms with Gasteiger partial charge in [-0.3, -0.25) is 0 Å². The first-order valence-electron chi connectivity index (χ1n) is 6.54. The maximum Gasteiger partial charge on any atom is 0.118 e. The maximum absolute atomic E-state index is 7.49. The van der Waals surface area contributed by atoms with Crippen LogP contribution in [0.5, 0.6) is 5.75 Å². The highest BCUT2D eigenvalue weighted by molar-refractivity contribution is 7.93. The molecule has 19 heavy (non-hydrogen) atoms. The third kappa shape index (κ3) is 8.92. The number of rotatable bonds is 6. The molecule has 0 radical (unpaired) electrons. The minimum atomic E-state index is 0.157. The number of ether oxygens (including phenoxy) is 1. The van der Waals surface area contributed by atoms with E-state index in [1.54, 1.807) is 13.4 Å². The van der Waals surface area contributed by atoms with E-state index in [0.29, 0.717) is 0 Å². The van der Waals surface area contributed by atoms with Gasteiger partial charge in [-0.2, -0.15) is 0 Å². The molecule has 0 unspecified atom stereocenters. The number of benzene rings is 1. The summed E-state index contributed by atoms with van der Waals surface area (Å²) >= 11 is 0.750. The zero-order chi connectivity index (χ0) is 14.7. The smallest absolute Gasteiger partial charge is 0.118 e. The highest BCUT2D eigenvalue weighted by Crippen LogP contribution is 2.16. The average Bonchev–Trinajstić information content (AvgIpc) is 2.38. The van der Waals surface area contributed by atoms with Crippen molar-refractivity contribution in [3.63, 3.8) is 0 Å². The molecule has 110 valence electrons. The van der Waals surface area contributed by atoms with Crippen molar-refractivity contribution in [3.05, 3.63) is 29.8 Å². The SMILES string of the molecule is CCCNC(C)(C)Cc1ccc(OC)cc1.CSO. The van der Waals surface area contributed by atoms with Gasteiger partial charge in [0.1, 0.15) is 5.75 Å². The average molecular weight is 285 g/mol. The summed E-state index contributed by atoms with van der Waals surface area (Å²) in [5.41, 5.74) is 1.50. The van der Waals surface area contributed by atoms with Crippen LogP contribution in [0, 0.1) is 0 Å². The van der Waals surface area contributed by atoms with Crippen molar-refractivity contribution in [3.8, 4) is 5.75 Å². The van der Waals surface area contributed by atoms with E-state index in [9.17, 15) is 0 Å². The summed E-state index contributed by atoms with van der Waals surface area (Å²) in [4.78, 5) is 0. The van der Waals surface area contributed by atoms with E-state index in [2.05, 4.69) is 38.2 Å². The summed E-state index contributed by atoms with van der Waals surface area (Å²) in [7, 11) is 1.70. The fourth-order valence-electron chi connectivity index (χ4n) is 1.78. The summed E-state index contributed by atoms with van der Waals surface area (Å²) in [6.45, 7) is 7.75. The maximum atomic E-state index is 7.49. The van der Waals surface area contributed by atoms with E-state index in [1.165, 1.54) is 12.0 Å². The van der Waals surface area contributed by atoms with Gasteiger partial charge in [0, 0.05) is 11.8 Å². The van der Waals surface area contributed by atoms with Crippen LogP contribution < -0.4 is 10.1 Å². The van der Waals surface area contributed by atoms with Crippen molar-refractivity contribution in [1.82, 2.24) is 5.32 Å². The minimum absolute atomic E-state index is 0.157. The van der Waals surface area contributed by atoms with Crippen molar-refractivity contribution in [2.45, 2.75) is 39.2 Å². The molecule has 0 fully saturated rings. The van der Waals surface area contributed by atoms with E-state index < -0.39 is 0 Å². The van der Waals surface area contributed by atoms with Crippen LogP contribution in [-0.2, 0) is 6.42 Å². The largest absolute Gasteiger partial charge is 0.497 e. The first-order valence-corrected chi connectivity index (χ1v) is 7.72. The summed E-state index contributed by atoms with van der Waals surface area (Å²) in [6, 6.07) is 8.30. The minimum Gasteiger partial charge on any atom is -0.497 e. The first-order chi connectivity index (χ1) is 8.99. The first kappa shape index (κ1) is 18.3. The van der Waals surface area contributed by atoms with E-state index >= 15 is 0 Å². The molecular weight excluding hydrogens is 258 g/mol. The predicted octanol–water partition coefficient (Wildman–Crippen LogP) is 3.84. The number of hydrogen-bond donors (Lipinski definition) is 2. The van der Waals surface area contributed by atoms with Gasteiger partial charge < -0.3 is 14.6 Å². The number of methoxy groups -OCH3 is 1. The van der Waals surface area contributed by atoms with Crippen LogP contribution in [0.25, 0.3) is 0 Å². The molecule has 0 aromatic heterocycles. The Morgan fingerprint density at radius 1 is 1.26 bits per heavy atom. The fourth-order valence-corrected chi connectivity index (χ4v) is 1.78. The van der Waals surface area contributed by atoms with Crippen LogP contribution in [0.3, 0.4) is 0 Å². The van der Waals surface area contributed by atoms with Crippen LogP contribution in [0.1, 0.15) is 32.8 Å². The lowest BCUT2D eigenvalue weighted by Gasteiger charge is -2.26. The van der Waals surface area contributed by atoms with Gasteiger partial charge >= 0.3 is 0 Å². The van der Waals surface area contributed by atoms with Crippen molar-refractivity contribution >= 4 is 12.0 Å². The summed E-state index contributed by atoms with van der Waals surface area (Å²) in [6.07, 6.45) is 3.81. The van der Waals surface area contributed by atoms with Crippen molar-refractivity contribution in [1.29, 1.82) is 0 Å². The Hall–Kier alpha value is -0.710. The summed E-state index contributed by atoms with van der Waals surface area (Å²) < 4.78 is 12.6. The van der Waals surface area contributed by atoms with Gasteiger partial charge in [0.15, 0.2) is 0 Å². The highest BCUT2D eigenvalue weighted by atomic mass is 32.2. The second-order valence-corrected chi connectivity index (χ2v) is 5.38. The molecule has 1 aromatic rings. The molecule has 0 spiro atoms. The molecular formula is C15H27NO2S. The number of hydrogen-bond acceptors (Lipinski definition) is 4. The normalized spacial score (nSPS) is 10.6. The third-order valence-electron chi connectivity index (χ3n) is 2.66. The molecule has 0 aliphatic rings. The topological polar surface area (TPSA) is 41.5 Å². The number of nitrogens with one attached hydrogen (secondary N) is 1. The fraction of sp³-hybridized carbons (Fsp3) is 0.600. The van der Waals surface area contributed by atoms with E-state index in [1.807, 2.05) is 12.1 Å². The Kier molecular flexibility index (Phi) is 9.74. The van der Waals surface area contributed by atoms with Gasteiger partial charge in [-0.05, 0) is 63.0 Å². The van der Waals surface area contributed by atoms with Gasteiger partial charge in [0.05, 0.1) is 7.11 Å². The van der Waals surface area contributed by atoms with Crippen molar-refractivity contribution in [2.75, 3.05) is 19.9 Å². The Bertz CT molecular complexity index is 325. The Balaban J connectivity index is 0.000000982.